The molecule has 3 saturated carbocycles. The first-order valence-corrected chi connectivity index (χ1v) is 11.2. The molecule has 0 amide bonds. The van der Waals surface area contributed by atoms with Crippen molar-refractivity contribution in [1.29, 1.82) is 0 Å². The van der Waals surface area contributed by atoms with E-state index < -0.39 is 0 Å². The van der Waals surface area contributed by atoms with E-state index in [4.69, 9.17) is 0 Å². The Morgan fingerprint density at radius 1 is 1.07 bits per heavy atom. The average Bonchev–Trinajstić information content (AvgIpc) is 2.95. The number of halogens is 1. The number of allylic oxidation sites excluding steroid dienone is 2. The van der Waals surface area contributed by atoms with Crippen molar-refractivity contribution in [3.8, 4) is 0 Å². The molecule has 4 aliphatic carbocycles. The van der Waals surface area contributed by atoms with Gasteiger partial charge in [0.25, 0.3) is 0 Å². The molecule has 1 N–H and O–H groups in total. The molecule has 0 aromatic heterocycles. The van der Waals surface area contributed by atoms with E-state index in [9.17, 15) is 14.3 Å². The maximum atomic E-state index is 14.2. The van der Waals surface area contributed by atoms with E-state index in [-0.39, 0.29) is 28.5 Å². The van der Waals surface area contributed by atoms with E-state index in [2.05, 4.69) is 19.9 Å². The highest BCUT2D eigenvalue weighted by Crippen LogP contribution is 2.64. The smallest absolute Gasteiger partial charge is 0.165 e. The monoisotopic (exact) mass is 394 g/mol. The molecule has 0 saturated heterocycles. The highest BCUT2D eigenvalue weighted by Gasteiger charge is 2.59. The normalized spacial score (nSPS) is 42.8. The van der Waals surface area contributed by atoms with Crippen LogP contribution in [-0.4, -0.2) is 17.0 Å². The minimum absolute atomic E-state index is 0.171. The van der Waals surface area contributed by atoms with E-state index in [0.29, 0.717) is 23.3 Å². The first kappa shape index (κ1) is 19.2. The zero-order chi connectivity index (χ0) is 20.4. The molecule has 0 radical (unpaired) electrons. The van der Waals surface area contributed by atoms with Crippen molar-refractivity contribution in [3.63, 3.8) is 0 Å². The van der Waals surface area contributed by atoms with Gasteiger partial charge >= 0.3 is 0 Å². The summed E-state index contributed by atoms with van der Waals surface area (Å²) in [5.41, 5.74) is 2.64. The second kappa shape index (κ2) is 6.63. The summed E-state index contributed by atoms with van der Waals surface area (Å²) >= 11 is 0. The van der Waals surface area contributed by atoms with Gasteiger partial charge in [-0.15, -0.1) is 0 Å². The zero-order valence-electron chi connectivity index (χ0n) is 17.5. The maximum Gasteiger partial charge on any atom is 0.165 e. The second-order valence-electron chi connectivity index (χ2n) is 10.3. The van der Waals surface area contributed by atoms with E-state index in [1.807, 2.05) is 6.07 Å². The van der Waals surface area contributed by atoms with E-state index >= 15 is 0 Å². The van der Waals surface area contributed by atoms with Crippen molar-refractivity contribution in [2.24, 2.45) is 28.6 Å². The molecule has 0 spiro atoms. The van der Waals surface area contributed by atoms with Gasteiger partial charge in [0.05, 0.1) is 6.10 Å². The SMILES string of the molecule is CC12CCC3C(CC=C4CC(O)CCC43C)C1C/C(=C\c1ccccc1F)C2=O. The zero-order valence-corrected chi connectivity index (χ0v) is 17.5. The summed E-state index contributed by atoms with van der Waals surface area (Å²) in [4.78, 5) is 13.4. The molecule has 29 heavy (non-hydrogen) atoms. The predicted octanol–water partition coefficient (Wildman–Crippen LogP) is 5.71. The summed E-state index contributed by atoms with van der Waals surface area (Å²) in [5, 5.41) is 10.2. The number of ketones is 1. The van der Waals surface area contributed by atoms with E-state index in [1.165, 1.54) is 11.6 Å². The third-order valence-corrected chi connectivity index (χ3v) is 8.95. The molecule has 6 unspecified atom stereocenters. The molecule has 0 aliphatic heterocycles. The molecule has 1 aromatic rings. The number of benzene rings is 1. The molecule has 5 rings (SSSR count). The fourth-order valence-corrected chi connectivity index (χ4v) is 7.22. The first-order chi connectivity index (χ1) is 13.8. The predicted molar refractivity (Wildman–Crippen MR) is 112 cm³/mol. The second-order valence-corrected chi connectivity index (χ2v) is 10.3. The van der Waals surface area contributed by atoms with Gasteiger partial charge < -0.3 is 5.11 Å². The lowest BCUT2D eigenvalue weighted by molar-refractivity contribution is -0.130. The lowest BCUT2D eigenvalue weighted by Crippen LogP contribution is -2.50. The van der Waals surface area contributed by atoms with Crippen LogP contribution >= 0.6 is 0 Å². The lowest BCUT2D eigenvalue weighted by atomic mass is 9.48. The van der Waals surface area contributed by atoms with Crippen LogP contribution in [0.3, 0.4) is 0 Å². The molecular weight excluding hydrogens is 363 g/mol. The first-order valence-electron chi connectivity index (χ1n) is 11.2. The molecule has 6 atom stereocenters. The maximum absolute atomic E-state index is 14.2. The van der Waals surface area contributed by atoms with Crippen molar-refractivity contribution >= 4 is 11.9 Å². The number of aliphatic hydroxyl groups excluding tert-OH is 1. The van der Waals surface area contributed by atoms with Crippen molar-refractivity contribution in [2.75, 3.05) is 0 Å². The largest absolute Gasteiger partial charge is 0.393 e. The number of aliphatic hydroxyl groups is 1. The summed E-state index contributed by atoms with van der Waals surface area (Å²) < 4.78 is 14.2. The van der Waals surface area contributed by atoms with Crippen LogP contribution < -0.4 is 0 Å². The lowest BCUT2D eigenvalue weighted by Gasteiger charge is -2.56. The number of hydrogen-bond acceptors (Lipinski definition) is 2. The minimum Gasteiger partial charge on any atom is -0.393 e. The van der Waals surface area contributed by atoms with Crippen LogP contribution in [-0.2, 0) is 4.79 Å². The summed E-state index contributed by atoms with van der Waals surface area (Å²) in [6, 6.07) is 6.73. The molecule has 2 nitrogen and oxygen atoms in total. The van der Waals surface area contributed by atoms with Gasteiger partial charge in [-0.05, 0) is 85.8 Å². The molecular formula is C26H31FO2. The van der Waals surface area contributed by atoms with Crippen LogP contribution in [0.5, 0.6) is 0 Å². The van der Waals surface area contributed by atoms with Crippen LogP contribution in [0.2, 0.25) is 0 Å². The molecule has 1 aromatic carbocycles. The van der Waals surface area contributed by atoms with Crippen molar-refractivity contribution < 1.29 is 14.3 Å². The molecule has 3 heteroatoms. The Morgan fingerprint density at radius 3 is 2.62 bits per heavy atom. The Labute approximate surface area is 172 Å². The number of carbonyl (C=O) groups excluding carboxylic acids is 1. The van der Waals surface area contributed by atoms with E-state index in [1.54, 1.807) is 18.2 Å². The van der Waals surface area contributed by atoms with Crippen LogP contribution in [0.15, 0.2) is 41.5 Å². The Kier molecular flexibility index (Phi) is 4.40. The minimum atomic E-state index is -0.311. The quantitative estimate of drug-likeness (QED) is 0.489. The third-order valence-electron chi connectivity index (χ3n) is 8.95. The van der Waals surface area contributed by atoms with Gasteiger partial charge in [-0.25, -0.2) is 4.39 Å². The molecule has 0 heterocycles. The summed E-state index contributed by atoms with van der Waals surface area (Å²) in [6.07, 6.45) is 10.6. The van der Waals surface area contributed by atoms with Gasteiger partial charge in [0, 0.05) is 11.0 Å². The van der Waals surface area contributed by atoms with Gasteiger partial charge in [0.15, 0.2) is 5.78 Å². The van der Waals surface area contributed by atoms with Crippen molar-refractivity contribution in [3.05, 3.63) is 52.9 Å². The van der Waals surface area contributed by atoms with Crippen LogP contribution in [0.1, 0.15) is 64.4 Å². The fraction of sp³-hybridized carbons (Fsp3) is 0.577. The summed E-state index contributed by atoms with van der Waals surface area (Å²) in [7, 11) is 0. The van der Waals surface area contributed by atoms with Gasteiger partial charge in [-0.1, -0.05) is 43.7 Å². The van der Waals surface area contributed by atoms with Gasteiger partial charge in [-0.3, -0.25) is 4.79 Å². The van der Waals surface area contributed by atoms with Gasteiger partial charge in [0.2, 0.25) is 0 Å². The fourth-order valence-electron chi connectivity index (χ4n) is 7.22. The molecule has 154 valence electrons. The standard InChI is InChI=1S/C26H31FO2/c1-25-11-9-19(28)15-18(25)7-8-20-21(25)10-12-26(2)22(20)14-17(24(26)29)13-16-5-3-4-6-23(16)27/h3-7,13,19-22,28H,8-12,14-15H2,1-2H3/b17-13+. The Hall–Kier alpha value is -1.74. The molecule has 3 fully saturated rings. The van der Waals surface area contributed by atoms with Gasteiger partial charge in [-0.2, -0.15) is 0 Å². The third kappa shape index (κ3) is 2.80. The highest BCUT2D eigenvalue weighted by atomic mass is 19.1. The van der Waals surface area contributed by atoms with Crippen molar-refractivity contribution in [1.82, 2.24) is 0 Å². The van der Waals surface area contributed by atoms with Crippen molar-refractivity contribution in [2.45, 2.75) is 64.9 Å². The van der Waals surface area contributed by atoms with Crippen LogP contribution in [0, 0.1) is 34.4 Å². The highest BCUT2D eigenvalue weighted by molar-refractivity contribution is 6.06. The topological polar surface area (TPSA) is 37.3 Å². The Morgan fingerprint density at radius 2 is 1.83 bits per heavy atom. The van der Waals surface area contributed by atoms with Gasteiger partial charge in [0.1, 0.15) is 5.82 Å². The van der Waals surface area contributed by atoms with Crippen LogP contribution in [0.4, 0.5) is 4.39 Å². The number of fused-ring (bicyclic) bond motifs is 5. The van der Waals surface area contributed by atoms with Crippen LogP contribution in [0.25, 0.3) is 6.08 Å². The van der Waals surface area contributed by atoms with E-state index in [0.717, 1.165) is 50.5 Å². The number of hydrogen-bond donors (Lipinski definition) is 1. The number of carbonyl (C=O) groups is 1. The number of Topliss-reactive ketones (excluding diaryl/α,β-unsaturated/α-hetero) is 1. The summed E-state index contributed by atoms with van der Waals surface area (Å²) in [6.45, 7) is 4.56. The Bertz CT molecular complexity index is 915. The molecule has 0 bridgehead atoms. The summed E-state index contributed by atoms with van der Waals surface area (Å²) in [5.74, 6) is 1.42. The molecule has 4 aliphatic rings. The Balaban J connectivity index is 1.49. The average molecular weight is 395 g/mol. The number of rotatable bonds is 1.